The third-order valence-electron chi connectivity index (χ3n) is 3.34. The lowest BCUT2D eigenvalue weighted by atomic mass is 10.00. The van der Waals surface area contributed by atoms with Gasteiger partial charge in [-0.25, -0.2) is 4.79 Å². The molecule has 0 unspecified atom stereocenters. The molecule has 1 N–H and O–H groups in total. The highest BCUT2D eigenvalue weighted by atomic mass is 16.6. The summed E-state index contributed by atoms with van der Waals surface area (Å²) in [6, 6.07) is 0.559. The van der Waals surface area contributed by atoms with Gasteiger partial charge in [-0.05, 0) is 32.6 Å². The Balaban J connectivity index is 1.94. The zero-order valence-electron chi connectivity index (χ0n) is 11.0. The van der Waals surface area contributed by atoms with E-state index in [-0.39, 0.29) is 12.6 Å². The predicted molar refractivity (Wildman–Crippen MR) is 66.9 cm³/mol. The molecule has 0 aromatic heterocycles. The smallest absolute Gasteiger partial charge is 0.332 e. The van der Waals surface area contributed by atoms with Gasteiger partial charge in [0.1, 0.15) is 6.61 Å². The van der Waals surface area contributed by atoms with Crippen LogP contribution in [0.1, 0.15) is 39.5 Å². The number of ether oxygens (including phenoxy) is 2. The summed E-state index contributed by atoms with van der Waals surface area (Å²) in [6.07, 6.45) is 5.43. The van der Waals surface area contributed by atoms with Gasteiger partial charge in [-0.15, -0.1) is 0 Å². The van der Waals surface area contributed by atoms with Crippen LogP contribution in [0, 0.1) is 5.92 Å². The van der Waals surface area contributed by atoms with Crippen molar-refractivity contribution >= 4 is 5.97 Å². The molecule has 0 radical (unpaired) electrons. The minimum absolute atomic E-state index is 0.0628. The van der Waals surface area contributed by atoms with Crippen molar-refractivity contribution in [3.63, 3.8) is 0 Å². The van der Waals surface area contributed by atoms with E-state index >= 15 is 0 Å². The van der Waals surface area contributed by atoms with Crippen molar-refractivity contribution < 1.29 is 14.3 Å². The van der Waals surface area contributed by atoms with E-state index in [1.54, 1.807) is 6.92 Å². The molecule has 0 heterocycles. The summed E-state index contributed by atoms with van der Waals surface area (Å²) in [4.78, 5) is 11.0. The standard InChI is InChI=1S/C13H25NO3/c1-3-17-13(15)10-16-9-8-14-11(2)12-6-4-5-7-12/h11-12,14H,3-10H2,1-2H3/t11-/m0/s1. The Labute approximate surface area is 104 Å². The Bertz CT molecular complexity index is 215. The van der Waals surface area contributed by atoms with Crippen molar-refractivity contribution in [1.29, 1.82) is 0 Å². The van der Waals surface area contributed by atoms with Gasteiger partial charge in [-0.2, -0.15) is 0 Å². The molecule has 1 fully saturated rings. The molecule has 1 aliphatic carbocycles. The van der Waals surface area contributed by atoms with E-state index in [9.17, 15) is 4.79 Å². The van der Waals surface area contributed by atoms with Gasteiger partial charge in [0.2, 0.25) is 0 Å². The van der Waals surface area contributed by atoms with Gasteiger partial charge >= 0.3 is 5.97 Å². The van der Waals surface area contributed by atoms with Crippen molar-refractivity contribution in [3.05, 3.63) is 0 Å². The maximum absolute atomic E-state index is 11.0. The van der Waals surface area contributed by atoms with Crippen LogP contribution in [0.25, 0.3) is 0 Å². The zero-order chi connectivity index (χ0) is 12.5. The Morgan fingerprint density at radius 2 is 2.12 bits per heavy atom. The molecule has 0 aliphatic heterocycles. The number of rotatable bonds is 8. The van der Waals surface area contributed by atoms with Gasteiger partial charge in [0.25, 0.3) is 0 Å². The topological polar surface area (TPSA) is 47.6 Å². The largest absolute Gasteiger partial charge is 0.464 e. The average molecular weight is 243 g/mol. The van der Waals surface area contributed by atoms with Gasteiger partial charge in [0.15, 0.2) is 0 Å². The Kier molecular flexibility index (Phi) is 7.21. The lowest BCUT2D eigenvalue weighted by Gasteiger charge is -2.20. The fraction of sp³-hybridized carbons (Fsp3) is 0.923. The van der Waals surface area contributed by atoms with Gasteiger partial charge in [0.05, 0.1) is 13.2 Å². The molecule has 0 bridgehead atoms. The van der Waals surface area contributed by atoms with E-state index in [0.29, 0.717) is 19.3 Å². The average Bonchev–Trinajstić information content (AvgIpc) is 2.82. The molecule has 17 heavy (non-hydrogen) atoms. The monoisotopic (exact) mass is 243 g/mol. The van der Waals surface area contributed by atoms with Crippen molar-refractivity contribution in [2.45, 2.75) is 45.6 Å². The zero-order valence-corrected chi connectivity index (χ0v) is 11.0. The van der Waals surface area contributed by atoms with E-state index in [0.717, 1.165) is 12.5 Å². The molecule has 0 spiro atoms. The fourth-order valence-corrected chi connectivity index (χ4v) is 2.34. The Morgan fingerprint density at radius 1 is 1.41 bits per heavy atom. The van der Waals surface area contributed by atoms with Crippen LogP contribution >= 0.6 is 0 Å². The maximum Gasteiger partial charge on any atom is 0.332 e. The van der Waals surface area contributed by atoms with Crippen LogP contribution in [0.4, 0.5) is 0 Å². The minimum Gasteiger partial charge on any atom is -0.464 e. The fourth-order valence-electron chi connectivity index (χ4n) is 2.34. The summed E-state index contributed by atoms with van der Waals surface area (Å²) in [5.41, 5.74) is 0. The van der Waals surface area contributed by atoms with Gasteiger partial charge in [-0.1, -0.05) is 12.8 Å². The second-order valence-corrected chi connectivity index (χ2v) is 4.64. The molecule has 0 amide bonds. The number of nitrogens with one attached hydrogen (secondary N) is 1. The molecule has 1 saturated carbocycles. The van der Waals surface area contributed by atoms with Crippen molar-refractivity contribution in [2.75, 3.05) is 26.4 Å². The van der Waals surface area contributed by atoms with Crippen LogP contribution in [0.3, 0.4) is 0 Å². The van der Waals surface area contributed by atoms with Gasteiger partial charge < -0.3 is 14.8 Å². The summed E-state index contributed by atoms with van der Waals surface area (Å²) in [5, 5.41) is 3.45. The Hall–Kier alpha value is -0.610. The number of hydrogen-bond donors (Lipinski definition) is 1. The van der Waals surface area contributed by atoms with E-state index in [1.165, 1.54) is 25.7 Å². The molecular weight excluding hydrogens is 218 g/mol. The van der Waals surface area contributed by atoms with Crippen molar-refractivity contribution in [2.24, 2.45) is 5.92 Å². The van der Waals surface area contributed by atoms with Crippen LogP contribution < -0.4 is 5.32 Å². The highest BCUT2D eigenvalue weighted by Gasteiger charge is 2.20. The SMILES string of the molecule is CCOC(=O)COCCN[C@@H](C)C1CCCC1. The third kappa shape index (κ3) is 6.03. The maximum atomic E-state index is 11.0. The van der Waals surface area contributed by atoms with Crippen LogP contribution in [0.15, 0.2) is 0 Å². The first-order valence-corrected chi connectivity index (χ1v) is 6.70. The first-order valence-electron chi connectivity index (χ1n) is 6.70. The molecular formula is C13H25NO3. The Morgan fingerprint density at radius 3 is 2.76 bits per heavy atom. The van der Waals surface area contributed by atoms with E-state index < -0.39 is 0 Å². The quantitative estimate of drug-likeness (QED) is 0.521. The number of hydrogen-bond acceptors (Lipinski definition) is 4. The summed E-state index contributed by atoms with van der Waals surface area (Å²) in [6.45, 7) is 5.88. The first kappa shape index (κ1) is 14.5. The van der Waals surface area contributed by atoms with E-state index in [1.807, 2.05) is 0 Å². The number of carbonyl (C=O) groups is 1. The predicted octanol–water partition coefficient (Wildman–Crippen LogP) is 1.73. The normalized spacial score (nSPS) is 18.2. The lowest BCUT2D eigenvalue weighted by Crippen LogP contribution is -2.35. The summed E-state index contributed by atoms with van der Waals surface area (Å²) < 4.78 is 9.99. The lowest BCUT2D eigenvalue weighted by molar-refractivity contribution is -0.148. The van der Waals surface area contributed by atoms with Crippen molar-refractivity contribution in [3.8, 4) is 0 Å². The molecule has 1 aliphatic rings. The molecule has 0 aromatic carbocycles. The molecule has 100 valence electrons. The molecule has 0 aromatic rings. The molecule has 1 atom stereocenters. The van der Waals surface area contributed by atoms with Crippen LogP contribution in [0.2, 0.25) is 0 Å². The van der Waals surface area contributed by atoms with Crippen LogP contribution in [0.5, 0.6) is 0 Å². The summed E-state index contributed by atoms with van der Waals surface area (Å²) >= 11 is 0. The molecule has 4 nitrogen and oxygen atoms in total. The second-order valence-electron chi connectivity index (χ2n) is 4.64. The third-order valence-corrected chi connectivity index (χ3v) is 3.34. The molecule has 0 saturated heterocycles. The first-order chi connectivity index (χ1) is 8.24. The van der Waals surface area contributed by atoms with Gasteiger partial charge in [0, 0.05) is 12.6 Å². The van der Waals surface area contributed by atoms with Gasteiger partial charge in [-0.3, -0.25) is 0 Å². The number of esters is 1. The summed E-state index contributed by atoms with van der Waals surface area (Å²) in [7, 11) is 0. The molecule has 1 rings (SSSR count). The van der Waals surface area contributed by atoms with Crippen LogP contribution in [-0.4, -0.2) is 38.4 Å². The highest BCUT2D eigenvalue weighted by Crippen LogP contribution is 2.27. The van der Waals surface area contributed by atoms with E-state index in [2.05, 4.69) is 12.2 Å². The second kappa shape index (κ2) is 8.48. The van der Waals surface area contributed by atoms with E-state index in [4.69, 9.17) is 9.47 Å². The molecule has 4 heteroatoms. The van der Waals surface area contributed by atoms with Crippen molar-refractivity contribution in [1.82, 2.24) is 5.32 Å². The minimum atomic E-state index is -0.281. The van der Waals surface area contributed by atoms with Crippen LogP contribution in [-0.2, 0) is 14.3 Å². The summed E-state index contributed by atoms with van der Waals surface area (Å²) in [5.74, 6) is 0.538. The highest BCUT2D eigenvalue weighted by molar-refractivity contribution is 5.70. The number of carbonyl (C=O) groups excluding carboxylic acids is 1.